The van der Waals surface area contributed by atoms with Crippen LogP contribution in [-0.2, 0) is 20.7 Å². The lowest BCUT2D eigenvalue weighted by atomic mass is 9.96. The Hall–Kier alpha value is -2.64. The number of hydrogen-bond donors (Lipinski definition) is 1. The summed E-state index contributed by atoms with van der Waals surface area (Å²) in [5, 5.41) is 2.89. The minimum atomic E-state index is -0.320. The molecular weight excluding hydrogens is 348 g/mol. The van der Waals surface area contributed by atoms with E-state index in [2.05, 4.69) is 10.3 Å². The lowest BCUT2D eigenvalue weighted by molar-refractivity contribution is -0.138. The zero-order valence-electron chi connectivity index (χ0n) is 15.4. The number of cyclic esters (lactones) is 1. The highest BCUT2D eigenvalue weighted by atomic mass is 16.6. The van der Waals surface area contributed by atoms with Crippen molar-refractivity contribution < 1.29 is 19.1 Å². The number of piperidine rings is 1. The van der Waals surface area contributed by atoms with Crippen molar-refractivity contribution in [3.05, 3.63) is 30.1 Å². The average molecular weight is 374 g/mol. The van der Waals surface area contributed by atoms with Gasteiger partial charge in [-0.15, -0.1) is 0 Å². The predicted octanol–water partition coefficient (Wildman–Crippen LogP) is 0.821. The Morgan fingerprint density at radius 3 is 2.93 bits per heavy atom. The number of carbonyl (C=O) groups excluding carboxylic acids is 3. The number of ether oxygens (including phenoxy) is 1. The summed E-state index contributed by atoms with van der Waals surface area (Å²) >= 11 is 0. The fourth-order valence-corrected chi connectivity index (χ4v) is 3.40. The summed E-state index contributed by atoms with van der Waals surface area (Å²) < 4.78 is 4.98. The highest BCUT2D eigenvalue weighted by Gasteiger charge is 2.30. The molecule has 1 unspecified atom stereocenters. The van der Waals surface area contributed by atoms with Crippen LogP contribution >= 0.6 is 0 Å². The number of hydrogen-bond acceptors (Lipinski definition) is 5. The number of nitrogens with one attached hydrogen (secondary N) is 1. The quantitative estimate of drug-likeness (QED) is 0.763. The SMILES string of the molecule is O=C(NCCN1CCCOC1=O)C1CCC(=O)N(CCc2ccccn2)C1. The molecule has 0 spiro atoms. The van der Waals surface area contributed by atoms with Gasteiger partial charge in [0, 0.05) is 57.5 Å². The van der Waals surface area contributed by atoms with E-state index in [1.807, 2.05) is 18.2 Å². The monoisotopic (exact) mass is 374 g/mol. The largest absolute Gasteiger partial charge is 0.449 e. The second kappa shape index (κ2) is 9.34. The first-order valence-corrected chi connectivity index (χ1v) is 9.50. The third-order valence-electron chi connectivity index (χ3n) is 4.97. The van der Waals surface area contributed by atoms with Gasteiger partial charge in [0.25, 0.3) is 0 Å². The lowest BCUT2D eigenvalue weighted by Crippen LogP contribution is -2.48. The van der Waals surface area contributed by atoms with Crippen LogP contribution in [0, 0.1) is 5.92 Å². The Bertz CT molecular complexity index is 667. The van der Waals surface area contributed by atoms with Crippen molar-refractivity contribution in [2.24, 2.45) is 5.92 Å². The van der Waals surface area contributed by atoms with Crippen LogP contribution in [0.1, 0.15) is 25.0 Å². The van der Waals surface area contributed by atoms with Crippen LogP contribution in [-0.4, -0.2) is 72.0 Å². The van der Waals surface area contributed by atoms with E-state index < -0.39 is 0 Å². The van der Waals surface area contributed by atoms with Gasteiger partial charge in [-0.05, 0) is 25.0 Å². The third-order valence-corrected chi connectivity index (χ3v) is 4.97. The maximum Gasteiger partial charge on any atom is 0.409 e. The van der Waals surface area contributed by atoms with Crippen molar-refractivity contribution in [3.63, 3.8) is 0 Å². The fraction of sp³-hybridized carbons (Fsp3) is 0.579. The van der Waals surface area contributed by atoms with E-state index in [4.69, 9.17) is 4.74 Å². The Morgan fingerprint density at radius 2 is 2.15 bits per heavy atom. The van der Waals surface area contributed by atoms with Crippen LogP contribution in [0.2, 0.25) is 0 Å². The van der Waals surface area contributed by atoms with Crippen LogP contribution in [0.4, 0.5) is 4.79 Å². The summed E-state index contributed by atoms with van der Waals surface area (Å²) in [5.41, 5.74) is 0.935. The summed E-state index contributed by atoms with van der Waals surface area (Å²) in [7, 11) is 0. The van der Waals surface area contributed by atoms with Gasteiger partial charge in [0.15, 0.2) is 0 Å². The standard InChI is InChI=1S/C19H26N4O4/c24-17-6-5-15(14-23(17)11-7-16-4-1-2-8-20-16)18(25)21-9-12-22-10-3-13-27-19(22)26/h1-2,4,8,15H,3,5-7,9-14H2,(H,21,25). The molecule has 0 bridgehead atoms. The lowest BCUT2D eigenvalue weighted by Gasteiger charge is -2.32. The molecule has 0 radical (unpaired) electrons. The summed E-state index contributed by atoms with van der Waals surface area (Å²) in [5.74, 6) is -0.179. The minimum absolute atomic E-state index is 0.0595. The van der Waals surface area contributed by atoms with Crippen LogP contribution in [0.5, 0.6) is 0 Å². The molecule has 8 heteroatoms. The van der Waals surface area contributed by atoms with Gasteiger partial charge in [-0.1, -0.05) is 6.07 Å². The maximum absolute atomic E-state index is 12.5. The molecule has 27 heavy (non-hydrogen) atoms. The molecule has 0 aliphatic carbocycles. The second-order valence-electron chi connectivity index (χ2n) is 6.89. The zero-order chi connectivity index (χ0) is 19.1. The molecule has 146 valence electrons. The number of nitrogens with zero attached hydrogens (tertiary/aromatic N) is 3. The molecule has 3 heterocycles. The van der Waals surface area contributed by atoms with E-state index in [9.17, 15) is 14.4 Å². The highest BCUT2D eigenvalue weighted by molar-refractivity contribution is 5.83. The second-order valence-corrected chi connectivity index (χ2v) is 6.89. The number of pyridine rings is 1. The summed E-state index contributed by atoms with van der Waals surface area (Å²) in [4.78, 5) is 43.8. The Kier molecular flexibility index (Phi) is 6.62. The topological polar surface area (TPSA) is 91.8 Å². The number of amides is 3. The van der Waals surface area contributed by atoms with Gasteiger partial charge in [-0.2, -0.15) is 0 Å². The fourth-order valence-electron chi connectivity index (χ4n) is 3.40. The number of carbonyl (C=O) groups is 3. The smallest absolute Gasteiger partial charge is 0.409 e. The van der Waals surface area contributed by atoms with Crippen molar-refractivity contribution in [3.8, 4) is 0 Å². The average Bonchev–Trinajstić information content (AvgIpc) is 2.69. The van der Waals surface area contributed by atoms with Gasteiger partial charge >= 0.3 is 6.09 Å². The van der Waals surface area contributed by atoms with E-state index >= 15 is 0 Å². The number of likely N-dealkylation sites (tertiary alicyclic amines) is 1. The normalized spacial score (nSPS) is 20.4. The number of rotatable bonds is 7. The molecule has 1 atom stereocenters. The molecule has 0 aromatic carbocycles. The summed E-state index contributed by atoms with van der Waals surface area (Å²) in [6, 6.07) is 5.72. The summed E-state index contributed by atoms with van der Waals surface area (Å²) in [6.07, 6.45) is 3.87. The minimum Gasteiger partial charge on any atom is -0.449 e. The van der Waals surface area contributed by atoms with Gasteiger partial charge in [-0.25, -0.2) is 4.79 Å². The Labute approximate surface area is 158 Å². The van der Waals surface area contributed by atoms with Gasteiger partial charge in [0.1, 0.15) is 0 Å². The molecule has 2 saturated heterocycles. The molecular formula is C19H26N4O4. The van der Waals surface area contributed by atoms with Crippen molar-refractivity contribution in [1.82, 2.24) is 20.1 Å². The molecule has 2 aliphatic heterocycles. The molecule has 1 aromatic rings. The van der Waals surface area contributed by atoms with E-state index in [0.29, 0.717) is 58.6 Å². The van der Waals surface area contributed by atoms with Crippen molar-refractivity contribution in [2.75, 3.05) is 39.3 Å². The van der Waals surface area contributed by atoms with Crippen molar-refractivity contribution in [2.45, 2.75) is 25.7 Å². The molecule has 8 nitrogen and oxygen atoms in total. The van der Waals surface area contributed by atoms with Gasteiger partial charge in [-0.3, -0.25) is 14.6 Å². The van der Waals surface area contributed by atoms with E-state index in [1.54, 1.807) is 16.0 Å². The first kappa shape index (κ1) is 19.1. The predicted molar refractivity (Wildman–Crippen MR) is 97.8 cm³/mol. The highest BCUT2D eigenvalue weighted by Crippen LogP contribution is 2.18. The van der Waals surface area contributed by atoms with Crippen molar-refractivity contribution in [1.29, 1.82) is 0 Å². The van der Waals surface area contributed by atoms with Crippen LogP contribution in [0.3, 0.4) is 0 Å². The van der Waals surface area contributed by atoms with Crippen LogP contribution < -0.4 is 5.32 Å². The van der Waals surface area contributed by atoms with Gasteiger partial charge < -0.3 is 19.9 Å². The molecule has 3 amide bonds. The molecule has 2 fully saturated rings. The molecule has 3 rings (SSSR count). The Balaban J connectivity index is 1.42. The zero-order valence-corrected chi connectivity index (χ0v) is 15.4. The maximum atomic E-state index is 12.5. The van der Waals surface area contributed by atoms with E-state index in [0.717, 1.165) is 12.1 Å². The van der Waals surface area contributed by atoms with Crippen LogP contribution in [0.15, 0.2) is 24.4 Å². The number of aromatic nitrogens is 1. The molecule has 0 saturated carbocycles. The van der Waals surface area contributed by atoms with Crippen LogP contribution in [0.25, 0.3) is 0 Å². The Morgan fingerprint density at radius 1 is 1.26 bits per heavy atom. The third kappa shape index (κ3) is 5.42. The van der Waals surface area contributed by atoms with E-state index in [-0.39, 0.29) is 23.8 Å². The van der Waals surface area contributed by atoms with Gasteiger partial charge in [0.2, 0.25) is 11.8 Å². The molecule has 1 aromatic heterocycles. The first-order valence-electron chi connectivity index (χ1n) is 9.50. The van der Waals surface area contributed by atoms with E-state index in [1.165, 1.54) is 0 Å². The first-order chi connectivity index (χ1) is 13.1. The van der Waals surface area contributed by atoms with Crippen molar-refractivity contribution >= 4 is 17.9 Å². The molecule has 1 N–H and O–H groups in total. The summed E-state index contributed by atoms with van der Waals surface area (Å²) in [6.45, 7) is 2.97. The van der Waals surface area contributed by atoms with Gasteiger partial charge in [0.05, 0.1) is 12.5 Å². The molecule has 2 aliphatic rings.